The zero-order valence-corrected chi connectivity index (χ0v) is 16.0. The molecule has 1 aliphatic heterocycles. The number of aromatic nitrogens is 3. The average Bonchev–Trinajstić information content (AvgIpc) is 3.11. The normalized spacial score (nSPS) is 18.1. The van der Waals surface area contributed by atoms with Gasteiger partial charge < -0.3 is 10.0 Å². The number of benzene rings is 1. The lowest BCUT2D eigenvalue weighted by Gasteiger charge is -2.34. The number of rotatable bonds is 2. The molecule has 1 saturated heterocycles. The first-order valence-corrected chi connectivity index (χ1v) is 10.2. The van der Waals surface area contributed by atoms with Crippen molar-refractivity contribution in [3.05, 3.63) is 46.6 Å². The Bertz CT molecular complexity index is 974. The summed E-state index contributed by atoms with van der Waals surface area (Å²) in [6.07, 6.45) is 5.94. The van der Waals surface area contributed by atoms with Gasteiger partial charge in [-0.15, -0.1) is 0 Å². The molecule has 3 heterocycles. The summed E-state index contributed by atoms with van der Waals surface area (Å²) in [5.41, 5.74) is 5.43. The topological polar surface area (TPSA) is 53.7 Å². The molecule has 5 rings (SSSR count). The standard InChI is InChI=1S/C21H23ClN4O/c22-15-7-5-14(6-8-15)19-13-20-23-18-4-2-1-3-17(18)21(26(20)24-19)25-11-9-16(27)10-12-25/h5-8,13,16,27H,1-4,9-12H2. The SMILES string of the molecule is OC1CCN(c2c3c(nc4cc(-c5ccc(Cl)cc5)nn24)CCCC3)CC1. The second-order valence-corrected chi connectivity index (χ2v) is 8.03. The first kappa shape index (κ1) is 17.0. The Hall–Kier alpha value is -2.11. The van der Waals surface area contributed by atoms with E-state index in [4.69, 9.17) is 21.7 Å². The minimum atomic E-state index is -0.184. The van der Waals surface area contributed by atoms with Crippen molar-refractivity contribution in [2.45, 2.75) is 44.6 Å². The van der Waals surface area contributed by atoms with E-state index in [0.717, 1.165) is 60.7 Å². The van der Waals surface area contributed by atoms with Crippen LogP contribution in [-0.4, -0.2) is 38.9 Å². The molecular formula is C21H23ClN4O. The third-order valence-corrected chi connectivity index (χ3v) is 6.01. The van der Waals surface area contributed by atoms with Crippen molar-refractivity contribution in [3.63, 3.8) is 0 Å². The summed E-state index contributed by atoms with van der Waals surface area (Å²) in [5.74, 6) is 1.18. The molecule has 140 valence electrons. The number of anilines is 1. The molecule has 0 atom stereocenters. The van der Waals surface area contributed by atoms with Crippen LogP contribution in [0.5, 0.6) is 0 Å². The van der Waals surface area contributed by atoms with Gasteiger partial charge in [-0.25, -0.2) is 4.98 Å². The smallest absolute Gasteiger partial charge is 0.158 e. The lowest BCUT2D eigenvalue weighted by molar-refractivity contribution is 0.145. The van der Waals surface area contributed by atoms with Crippen molar-refractivity contribution < 1.29 is 5.11 Å². The number of piperidine rings is 1. The van der Waals surface area contributed by atoms with Crippen molar-refractivity contribution in [3.8, 4) is 11.3 Å². The van der Waals surface area contributed by atoms with E-state index >= 15 is 0 Å². The molecule has 5 nitrogen and oxygen atoms in total. The van der Waals surface area contributed by atoms with Crippen LogP contribution in [0.4, 0.5) is 5.82 Å². The van der Waals surface area contributed by atoms with Crippen LogP contribution in [-0.2, 0) is 12.8 Å². The number of halogens is 1. The molecule has 0 unspecified atom stereocenters. The zero-order chi connectivity index (χ0) is 18.4. The number of hydrogen-bond donors (Lipinski definition) is 1. The average molecular weight is 383 g/mol. The van der Waals surface area contributed by atoms with Crippen molar-refractivity contribution >= 4 is 23.1 Å². The number of fused-ring (bicyclic) bond motifs is 2. The second-order valence-electron chi connectivity index (χ2n) is 7.59. The maximum absolute atomic E-state index is 9.93. The molecule has 0 radical (unpaired) electrons. The zero-order valence-electron chi connectivity index (χ0n) is 15.2. The van der Waals surface area contributed by atoms with Crippen LogP contribution in [0.1, 0.15) is 36.9 Å². The van der Waals surface area contributed by atoms with Gasteiger partial charge in [-0.1, -0.05) is 23.7 Å². The van der Waals surface area contributed by atoms with Crippen LogP contribution in [0.3, 0.4) is 0 Å². The molecule has 1 aromatic carbocycles. The van der Waals surface area contributed by atoms with Crippen LogP contribution in [0.15, 0.2) is 30.3 Å². The van der Waals surface area contributed by atoms with Gasteiger partial charge in [0.25, 0.3) is 0 Å². The predicted octanol–water partition coefficient (Wildman–Crippen LogP) is 3.89. The van der Waals surface area contributed by atoms with Gasteiger partial charge in [-0.2, -0.15) is 9.61 Å². The molecule has 0 saturated carbocycles. The van der Waals surface area contributed by atoms with Gasteiger partial charge in [0.15, 0.2) is 5.65 Å². The first-order chi connectivity index (χ1) is 13.2. The Morgan fingerprint density at radius 1 is 1.04 bits per heavy atom. The molecule has 0 spiro atoms. The van der Waals surface area contributed by atoms with E-state index in [1.807, 2.05) is 28.8 Å². The minimum absolute atomic E-state index is 0.184. The highest BCUT2D eigenvalue weighted by molar-refractivity contribution is 6.30. The summed E-state index contributed by atoms with van der Waals surface area (Å²) < 4.78 is 2.02. The van der Waals surface area contributed by atoms with Gasteiger partial charge in [-0.05, 0) is 50.7 Å². The van der Waals surface area contributed by atoms with E-state index in [1.165, 1.54) is 29.9 Å². The van der Waals surface area contributed by atoms with Gasteiger partial charge >= 0.3 is 0 Å². The molecular weight excluding hydrogens is 360 g/mol. The third kappa shape index (κ3) is 3.09. The maximum atomic E-state index is 9.93. The number of aryl methyl sites for hydroxylation is 1. The molecule has 1 aliphatic carbocycles. The highest BCUT2D eigenvalue weighted by atomic mass is 35.5. The summed E-state index contributed by atoms with van der Waals surface area (Å²) in [6, 6.07) is 9.86. The molecule has 0 bridgehead atoms. The van der Waals surface area contributed by atoms with Crippen molar-refractivity contribution in [2.75, 3.05) is 18.0 Å². The predicted molar refractivity (Wildman–Crippen MR) is 108 cm³/mol. The van der Waals surface area contributed by atoms with Gasteiger partial charge in [0.1, 0.15) is 5.82 Å². The quantitative estimate of drug-likeness (QED) is 0.730. The molecule has 6 heteroatoms. The van der Waals surface area contributed by atoms with Gasteiger partial charge in [0.05, 0.1) is 11.8 Å². The lowest BCUT2D eigenvalue weighted by atomic mass is 9.95. The fourth-order valence-corrected chi connectivity index (χ4v) is 4.42. The van der Waals surface area contributed by atoms with E-state index in [-0.39, 0.29) is 6.10 Å². The highest BCUT2D eigenvalue weighted by Crippen LogP contribution is 2.33. The maximum Gasteiger partial charge on any atom is 0.158 e. The number of hydrogen-bond acceptors (Lipinski definition) is 4. The molecule has 2 aromatic heterocycles. The van der Waals surface area contributed by atoms with E-state index in [1.54, 1.807) is 0 Å². The van der Waals surface area contributed by atoms with Crippen molar-refractivity contribution in [2.24, 2.45) is 0 Å². The Morgan fingerprint density at radius 2 is 1.78 bits per heavy atom. The summed E-state index contributed by atoms with van der Waals surface area (Å²) in [4.78, 5) is 7.34. The number of aliphatic hydroxyl groups excluding tert-OH is 1. The fourth-order valence-electron chi connectivity index (χ4n) is 4.29. The largest absolute Gasteiger partial charge is 0.393 e. The minimum Gasteiger partial charge on any atom is -0.393 e. The van der Waals surface area contributed by atoms with Gasteiger partial charge in [-0.3, -0.25) is 0 Å². The van der Waals surface area contributed by atoms with E-state index in [0.29, 0.717) is 0 Å². The lowest BCUT2D eigenvalue weighted by Crippen LogP contribution is -2.38. The molecule has 0 amide bonds. The van der Waals surface area contributed by atoms with Crippen LogP contribution in [0.25, 0.3) is 16.9 Å². The summed E-state index contributed by atoms with van der Waals surface area (Å²) >= 11 is 6.04. The Kier molecular flexibility index (Phi) is 4.29. The summed E-state index contributed by atoms with van der Waals surface area (Å²) in [7, 11) is 0. The van der Waals surface area contributed by atoms with Crippen molar-refractivity contribution in [1.82, 2.24) is 14.6 Å². The van der Waals surface area contributed by atoms with Crippen LogP contribution in [0.2, 0.25) is 5.02 Å². The fraction of sp³-hybridized carbons (Fsp3) is 0.429. The first-order valence-electron chi connectivity index (χ1n) is 9.79. The Balaban J connectivity index is 1.66. The Morgan fingerprint density at radius 3 is 2.56 bits per heavy atom. The van der Waals surface area contributed by atoms with E-state index < -0.39 is 0 Å². The number of nitrogens with zero attached hydrogens (tertiary/aromatic N) is 4. The van der Waals surface area contributed by atoms with Crippen molar-refractivity contribution in [1.29, 1.82) is 0 Å². The molecule has 2 aliphatic rings. The Labute approximate surface area is 163 Å². The molecule has 27 heavy (non-hydrogen) atoms. The highest BCUT2D eigenvalue weighted by Gasteiger charge is 2.26. The summed E-state index contributed by atoms with van der Waals surface area (Å²) in [5, 5.41) is 15.6. The molecule has 3 aromatic rings. The van der Waals surface area contributed by atoms with Crippen LogP contribution in [0, 0.1) is 0 Å². The van der Waals surface area contributed by atoms with Gasteiger partial charge in [0, 0.05) is 41.0 Å². The van der Waals surface area contributed by atoms with Gasteiger partial charge in [0.2, 0.25) is 0 Å². The second kappa shape index (κ2) is 6.80. The van der Waals surface area contributed by atoms with E-state index in [9.17, 15) is 5.11 Å². The summed E-state index contributed by atoms with van der Waals surface area (Å²) in [6.45, 7) is 1.73. The van der Waals surface area contributed by atoms with Crippen LogP contribution < -0.4 is 4.90 Å². The number of aliphatic hydroxyl groups is 1. The molecule has 1 N–H and O–H groups in total. The van der Waals surface area contributed by atoms with Crippen LogP contribution >= 0.6 is 11.6 Å². The monoisotopic (exact) mass is 382 g/mol. The van der Waals surface area contributed by atoms with E-state index in [2.05, 4.69) is 11.0 Å². The molecule has 1 fully saturated rings. The third-order valence-electron chi connectivity index (χ3n) is 5.75.